The first-order chi connectivity index (χ1) is 16.8. The molecule has 4 atom stereocenters. The quantitative estimate of drug-likeness (QED) is 0.128. The Kier molecular flexibility index (Phi) is 10.6. The lowest BCUT2D eigenvalue weighted by Gasteiger charge is -2.24. The Morgan fingerprint density at radius 2 is 1.83 bits per heavy atom. The van der Waals surface area contributed by atoms with E-state index < -0.39 is 11.9 Å². The van der Waals surface area contributed by atoms with Gasteiger partial charge < -0.3 is 23.7 Å². The van der Waals surface area contributed by atoms with Gasteiger partial charge in [0.2, 0.25) is 0 Å². The molecular formula is C28H35IO6. The average Bonchev–Trinajstić information content (AvgIpc) is 3.17. The number of alkyl halides is 1. The van der Waals surface area contributed by atoms with Crippen molar-refractivity contribution >= 4 is 28.6 Å². The molecular weight excluding hydrogens is 559 g/mol. The molecule has 0 aliphatic carbocycles. The Labute approximate surface area is 222 Å². The van der Waals surface area contributed by atoms with E-state index in [0.717, 1.165) is 22.2 Å². The first kappa shape index (κ1) is 27.6. The molecule has 1 heterocycles. The minimum Gasteiger partial charge on any atom is -0.497 e. The van der Waals surface area contributed by atoms with Crippen LogP contribution in [0.2, 0.25) is 0 Å². The predicted octanol–water partition coefficient (Wildman–Crippen LogP) is 6.12. The smallest absolute Gasteiger partial charge is 0.338 e. The van der Waals surface area contributed by atoms with Crippen LogP contribution in [0.5, 0.6) is 5.75 Å². The standard InChI is InChI=1S/C28H35IO6/c1-20(32-19-21-13-15-23(31-4)16-14-21)9-8-12-24(33-27(30)22-10-6-5-7-11-22)26-25(17-18-29)34-28(2,3)35-26/h5-8,10-16,20,24-26H,9,17-19H2,1-4H3. The van der Waals surface area contributed by atoms with Crippen molar-refractivity contribution in [3.05, 3.63) is 77.9 Å². The molecule has 1 aliphatic rings. The Morgan fingerprint density at radius 1 is 1.11 bits per heavy atom. The molecule has 3 rings (SSSR count). The molecule has 2 aromatic rings. The Balaban J connectivity index is 1.65. The zero-order valence-electron chi connectivity index (χ0n) is 20.8. The van der Waals surface area contributed by atoms with Gasteiger partial charge in [0.05, 0.1) is 31.5 Å². The Morgan fingerprint density at radius 3 is 2.49 bits per heavy atom. The van der Waals surface area contributed by atoms with Crippen LogP contribution in [0.3, 0.4) is 0 Å². The first-order valence-corrected chi connectivity index (χ1v) is 13.4. The van der Waals surface area contributed by atoms with Gasteiger partial charge in [-0.25, -0.2) is 4.79 Å². The number of rotatable bonds is 12. The van der Waals surface area contributed by atoms with E-state index >= 15 is 0 Å². The van der Waals surface area contributed by atoms with Gasteiger partial charge in [-0.1, -0.05) is 59.0 Å². The largest absolute Gasteiger partial charge is 0.497 e. The molecule has 0 spiro atoms. The summed E-state index contributed by atoms with van der Waals surface area (Å²) in [6.45, 7) is 6.32. The number of benzene rings is 2. The number of halogens is 1. The van der Waals surface area contributed by atoms with Crippen molar-refractivity contribution in [3.8, 4) is 5.75 Å². The summed E-state index contributed by atoms with van der Waals surface area (Å²) >= 11 is 2.33. The summed E-state index contributed by atoms with van der Waals surface area (Å²) in [4.78, 5) is 12.9. The van der Waals surface area contributed by atoms with Gasteiger partial charge >= 0.3 is 5.97 Å². The number of esters is 1. The molecule has 0 radical (unpaired) electrons. The fourth-order valence-corrected chi connectivity index (χ4v) is 4.50. The molecule has 6 nitrogen and oxygen atoms in total. The van der Waals surface area contributed by atoms with Crippen LogP contribution in [-0.4, -0.2) is 47.7 Å². The highest BCUT2D eigenvalue weighted by Gasteiger charge is 2.45. The molecule has 0 bridgehead atoms. The molecule has 4 unspecified atom stereocenters. The third-order valence-electron chi connectivity index (χ3n) is 5.68. The highest BCUT2D eigenvalue weighted by Crippen LogP contribution is 2.33. The van der Waals surface area contributed by atoms with Crippen LogP contribution in [0.25, 0.3) is 0 Å². The topological polar surface area (TPSA) is 63.2 Å². The van der Waals surface area contributed by atoms with Crippen molar-refractivity contribution in [2.24, 2.45) is 0 Å². The maximum Gasteiger partial charge on any atom is 0.338 e. The molecule has 1 fully saturated rings. The van der Waals surface area contributed by atoms with Crippen LogP contribution >= 0.6 is 22.6 Å². The molecule has 7 heteroatoms. The number of hydrogen-bond donors (Lipinski definition) is 0. The summed E-state index contributed by atoms with van der Waals surface area (Å²) in [5, 5.41) is 0. The van der Waals surface area contributed by atoms with Crippen molar-refractivity contribution in [2.75, 3.05) is 11.5 Å². The Hall–Kier alpha value is -1.94. The van der Waals surface area contributed by atoms with Crippen LogP contribution in [0, 0.1) is 0 Å². The van der Waals surface area contributed by atoms with Crippen LogP contribution in [0.1, 0.15) is 49.5 Å². The van der Waals surface area contributed by atoms with Gasteiger partial charge in [-0.05, 0) is 69.5 Å². The third kappa shape index (κ3) is 8.59. The summed E-state index contributed by atoms with van der Waals surface area (Å²) < 4.78 is 30.4. The lowest BCUT2D eigenvalue weighted by molar-refractivity contribution is -0.153. The van der Waals surface area contributed by atoms with Crippen molar-refractivity contribution in [2.45, 2.75) is 70.4 Å². The van der Waals surface area contributed by atoms with E-state index in [9.17, 15) is 4.79 Å². The summed E-state index contributed by atoms with van der Waals surface area (Å²) in [5.74, 6) is -0.296. The van der Waals surface area contributed by atoms with Gasteiger partial charge in [0.1, 0.15) is 18.0 Å². The van der Waals surface area contributed by atoms with E-state index in [-0.39, 0.29) is 24.3 Å². The number of carbonyl (C=O) groups is 1. The summed E-state index contributed by atoms with van der Waals surface area (Å²) in [7, 11) is 1.65. The maximum atomic E-state index is 12.9. The van der Waals surface area contributed by atoms with Gasteiger partial charge in [0.25, 0.3) is 0 Å². The van der Waals surface area contributed by atoms with E-state index in [1.54, 1.807) is 19.2 Å². The summed E-state index contributed by atoms with van der Waals surface area (Å²) in [5.41, 5.74) is 1.59. The lowest BCUT2D eigenvalue weighted by atomic mass is 10.0. The fourth-order valence-electron chi connectivity index (χ4n) is 3.89. The normalized spacial score (nSPS) is 21.1. The summed E-state index contributed by atoms with van der Waals surface area (Å²) in [6.07, 6.45) is 4.24. The molecule has 0 N–H and O–H groups in total. The van der Waals surface area contributed by atoms with Gasteiger partial charge in [-0.15, -0.1) is 0 Å². The van der Waals surface area contributed by atoms with E-state index in [1.807, 2.05) is 75.4 Å². The van der Waals surface area contributed by atoms with Crippen LogP contribution in [0.4, 0.5) is 0 Å². The zero-order valence-corrected chi connectivity index (χ0v) is 23.0. The van der Waals surface area contributed by atoms with E-state index in [0.29, 0.717) is 18.6 Å². The number of hydrogen-bond acceptors (Lipinski definition) is 6. The van der Waals surface area contributed by atoms with Crippen LogP contribution < -0.4 is 4.74 Å². The van der Waals surface area contributed by atoms with Crippen LogP contribution in [0.15, 0.2) is 66.7 Å². The fraction of sp³-hybridized carbons (Fsp3) is 0.464. The molecule has 190 valence electrons. The molecule has 1 aliphatic heterocycles. The van der Waals surface area contributed by atoms with Gasteiger partial charge in [0, 0.05) is 4.43 Å². The highest BCUT2D eigenvalue weighted by molar-refractivity contribution is 14.1. The van der Waals surface area contributed by atoms with Gasteiger partial charge in [-0.3, -0.25) is 0 Å². The first-order valence-electron chi connectivity index (χ1n) is 11.9. The second-order valence-electron chi connectivity index (χ2n) is 8.99. The molecule has 0 aromatic heterocycles. The monoisotopic (exact) mass is 594 g/mol. The second-order valence-corrected chi connectivity index (χ2v) is 10.1. The molecule has 35 heavy (non-hydrogen) atoms. The van der Waals surface area contributed by atoms with Crippen molar-refractivity contribution in [1.29, 1.82) is 0 Å². The second kappa shape index (κ2) is 13.4. The van der Waals surface area contributed by atoms with Gasteiger partial charge in [-0.2, -0.15) is 0 Å². The number of ether oxygens (including phenoxy) is 5. The van der Waals surface area contributed by atoms with Crippen molar-refractivity contribution in [1.82, 2.24) is 0 Å². The summed E-state index contributed by atoms with van der Waals surface area (Å²) in [6, 6.07) is 16.8. The average molecular weight is 594 g/mol. The lowest BCUT2D eigenvalue weighted by Crippen LogP contribution is -2.38. The third-order valence-corrected chi connectivity index (χ3v) is 6.30. The van der Waals surface area contributed by atoms with Crippen LogP contribution in [-0.2, 0) is 25.6 Å². The number of carbonyl (C=O) groups excluding carboxylic acids is 1. The molecule has 2 aromatic carbocycles. The number of methoxy groups -OCH3 is 1. The minimum absolute atomic E-state index is 0.0128. The maximum absolute atomic E-state index is 12.9. The molecule has 1 saturated heterocycles. The van der Waals surface area contributed by atoms with E-state index in [2.05, 4.69) is 22.6 Å². The minimum atomic E-state index is -0.735. The van der Waals surface area contributed by atoms with Gasteiger partial charge in [0.15, 0.2) is 5.79 Å². The molecule has 0 saturated carbocycles. The molecule has 0 amide bonds. The van der Waals surface area contributed by atoms with E-state index in [4.69, 9.17) is 23.7 Å². The highest BCUT2D eigenvalue weighted by atomic mass is 127. The SMILES string of the molecule is COc1ccc(COC(C)CC=CC(OC(=O)c2ccccc2)C2OC(C)(C)OC2CCI)cc1. The Bertz CT molecular complexity index is 944. The van der Waals surface area contributed by atoms with E-state index in [1.165, 1.54) is 0 Å². The van der Waals surface area contributed by atoms with Crippen molar-refractivity contribution < 1.29 is 28.5 Å². The zero-order chi connectivity index (χ0) is 25.3. The predicted molar refractivity (Wildman–Crippen MR) is 144 cm³/mol. The van der Waals surface area contributed by atoms with Crippen molar-refractivity contribution in [3.63, 3.8) is 0 Å².